The Bertz CT molecular complexity index is 1070. The number of nitrogens with one attached hydrogen (secondary N) is 2. The van der Waals surface area contributed by atoms with Crippen molar-refractivity contribution in [1.82, 2.24) is 15.6 Å². The van der Waals surface area contributed by atoms with E-state index in [9.17, 15) is 4.79 Å². The molecule has 3 heterocycles. The number of pyridine rings is 1. The van der Waals surface area contributed by atoms with Crippen molar-refractivity contribution in [2.45, 2.75) is 119 Å². The molecule has 2 aliphatic heterocycles. The summed E-state index contributed by atoms with van der Waals surface area (Å²) in [4.78, 5) is 27.7. The van der Waals surface area contributed by atoms with Crippen LogP contribution < -0.4 is 15.5 Å². The zero-order chi connectivity index (χ0) is 29.7. The minimum atomic E-state index is -0.00501. The summed E-state index contributed by atoms with van der Waals surface area (Å²) < 4.78 is 0. The Kier molecular flexibility index (Phi) is 14.3. The van der Waals surface area contributed by atoms with E-state index in [1.54, 1.807) is 6.08 Å². The van der Waals surface area contributed by atoms with Crippen molar-refractivity contribution in [2.24, 2.45) is 15.9 Å². The van der Waals surface area contributed by atoms with Crippen LogP contribution in [0.4, 0.5) is 5.69 Å². The van der Waals surface area contributed by atoms with Crippen LogP contribution >= 0.6 is 0 Å². The zero-order valence-electron chi connectivity index (χ0n) is 26.6. The normalized spacial score (nSPS) is 20.7. The van der Waals surface area contributed by atoms with Crippen molar-refractivity contribution >= 4 is 23.0 Å². The zero-order valence-corrected chi connectivity index (χ0v) is 26.6. The third-order valence-corrected chi connectivity index (χ3v) is 7.65. The maximum absolute atomic E-state index is 11.6. The molecule has 1 aromatic heterocycles. The molecule has 222 valence electrons. The molecule has 2 fully saturated rings. The summed E-state index contributed by atoms with van der Waals surface area (Å²) in [6.07, 6.45) is 13.4. The lowest BCUT2D eigenvalue weighted by Gasteiger charge is -2.36. The summed E-state index contributed by atoms with van der Waals surface area (Å²) in [7, 11) is 0. The predicted octanol–water partition coefficient (Wildman–Crippen LogP) is 6.92. The Labute approximate surface area is 243 Å². The van der Waals surface area contributed by atoms with Crippen molar-refractivity contribution in [2.75, 3.05) is 18.0 Å². The fourth-order valence-corrected chi connectivity index (χ4v) is 5.20. The van der Waals surface area contributed by atoms with Gasteiger partial charge in [-0.15, -0.1) is 0 Å². The van der Waals surface area contributed by atoms with E-state index >= 15 is 0 Å². The molecular weight excluding hydrogens is 496 g/mol. The molecule has 7 heteroatoms. The number of fused-ring (bicyclic) bond motifs is 2. The van der Waals surface area contributed by atoms with E-state index in [-0.39, 0.29) is 5.91 Å². The van der Waals surface area contributed by atoms with Gasteiger partial charge in [0.2, 0.25) is 5.91 Å². The molecule has 0 saturated carbocycles. The molecule has 2 saturated heterocycles. The first-order valence-corrected chi connectivity index (χ1v) is 15.3. The van der Waals surface area contributed by atoms with Crippen molar-refractivity contribution in [1.29, 1.82) is 0 Å². The molecule has 40 heavy (non-hydrogen) atoms. The lowest BCUT2D eigenvalue weighted by molar-refractivity contribution is -0.120. The minimum absolute atomic E-state index is 0.00501. The first-order valence-electron chi connectivity index (χ1n) is 15.3. The second kappa shape index (κ2) is 17.1. The highest BCUT2D eigenvalue weighted by atomic mass is 16.1. The number of aromatic nitrogens is 1. The summed E-state index contributed by atoms with van der Waals surface area (Å²) in [5.74, 6) is 1.09. The maximum atomic E-state index is 11.6. The predicted molar refractivity (Wildman–Crippen MR) is 171 cm³/mol. The third kappa shape index (κ3) is 10.6. The number of amides is 1. The van der Waals surface area contributed by atoms with E-state index in [1.807, 2.05) is 40.8 Å². The Hall–Kier alpha value is -2.80. The largest absolute Gasteiger partial charge is 0.368 e. The summed E-state index contributed by atoms with van der Waals surface area (Å²) in [5.41, 5.74) is 6.77. The fraction of sp³-hybridized carbons (Fsp3) is 0.636. The van der Waals surface area contributed by atoms with Crippen LogP contribution in [0.15, 0.2) is 45.9 Å². The number of piperazine rings is 1. The van der Waals surface area contributed by atoms with E-state index in [2.05, 4.69) is 70.3 Å². The second-order valence-corrected chi connectivity index (χ2v) is 11.2. The number of allylic oxidation sites excluding steroid dienone is 3. The van der Waals surface area contributed by atoms with Crippen LogP contribution in [0.5, 0.6) is 0 Å². The Morgan fingerprint density at radius 3 is 2.35 bits per heavy atom. The maximum Gasteiger partial charge on any atom is 0.225 e. The molecule has 3 atom stereocenters. The number of hydrogen-bond acceptors (Lipinski definition) is 6. The van der Waals surface area contributed by atoms with Crippen molar-refractivity contribution < 1.29 is 4.79 Å². The SMILES string of the molecule is CCCc1c(N2CC3CCC(C2)N3)ccnc1C.C\C=C(/N=C(C)\C(C)=N/C(C)=C\C(C)CC)NC(=O)CCC. The smallest absolute Gasteiger partial charge is 0.225 e. The number of carbonyl (C=O) groups is 1. The molecule has 2 bridgehead atoms. The van der Waals surface area contributed by atoms with Gasteiger partial charge in [0.25, 0.3) is 0 Å². The topological polar surface area (TPSA) is 82.0 Å². The summed E-state index contributed by atoms with van der Waals surface area (Å²) in [6.45, 7) is 20.7. The molecule has 2 aliphatic rings. The average molecular weight is 551 g/mol. The van der Waals surface area contributed by atoms with Crippen LogP contribution in [-0.4, -0.2) is 47.5 Å². The Balaban J connectivity index is 0.000000284. The number of aryl methyl sites for hydroxylation is 1. The summed E-state index contributed by atoms with van der Waals surface area (Å²) in [6, 6.07) is 3.61. The quantitative estimate of drug-likeness (QED) is 0.293. The van der Waals surface area contributed by atoms with Gasteiger partial charge in [-0.25, -0.2) is 4.99 Å². The molecule has 3 rings (SSSR count). The van der Waals surface area contributed by atoms with Gasteiger partial charge in [-0.2, -0.15) is 0 Å². The number of carbonyl (C=O) groups excluding carboxylic acids is 1. The number of hydrogen-bond donors (Lipinski definition) is 2. The van der Waals surface area contributed by atoms with Crippen LogP contribution in [0, 0.1) is 12.8 Å². The van der Waals surface area contributed by atoms with E-state index in [0.29, 0.717) is 30.2 Å². The highest BCUT2D eigenvalue weighted by molar-refractivity contribution is 6.41. The van der Waals surface area contributed by atoms with E-state index in [4.69, 9.17) is 0 Å². The molecule has 7 nitrogen and oxygen atoms in total. The first kappa shape index (κ1) is 33.4. The van der Waals surface area contributed by atoms with Crippen LogP contribution in [-0.2, 0) is 11.2 Å². The summed E-state index contributed by atoms with van der Waals surface area (Å²) in [5, 5.41) is 6.51. The third-order valence-electron chi connectivity index (χ3n) is 7.65. The van der Waals surface area contributed by atoms with Gasteiger partial charge in [-0.3, -0.25) is 14.8 Å². The van der Waals surface area contributed by atoms with Crippen molar-refractivity contribution in [3.05, 3.63) is 47.2 Å². The number of rotatable bonds is 11. The highest BCUT2D eigenvalue weighted by Crippen LogP contribution is 2.29. The molecule has 0 aromatic carbocycles. The van der Waals surface area contributed by atoms with Gasteiger partial charge >= 0.3 is 0 Å². The van der Waals surface area contributed by atoms with Crippen molar-refractivity contribution in [3.8, 4) is 0 Å². The van der Waals surface area contributed by atoms with Crippen LogP contribution in [0.1, 0.15) is 105 Å². The van der Waals surface area contributed by atoms with Crippen LogP contribution in [0.3, 0.4) is 0 Å². The van der Waals surface area contributed by atoms with Gasteiger partial charge < -0.3 is 15.5 Å². The molecular formula is C33H54N6O. The van der Waals surface area contributed by atoms with Gasteiger partial charge in [0, 0.05) is 54.9 Å². The molecule has 1 amide bonds. The number of anilines is 1. The monoisotopic (exact) mass is 550 g/mol. The van der Waals surface area contributed by atoms with E-state index < -0.39 is 0 Å². The van der Waals surface area contributed by atoms with E-state index in [0.717, 1.165) is 49.5 Å². The Morgan fingerprint density at radius 2 is 1.77 bits per heavy atom. The molecule has 1 aromatic rings. The Morgan fingerprint density at radius 1 is 1.12 bits per heavy atom. The molecule has 0 spiro atoms. The van der Waals surface area contributed by atoms with E-state index in [1.165, 1.54) is 36.2 Å². The van der Waals surface area contributed by atoms with Gasteiger partial charge in [-0.1, -0.05) is 46.6 Å². The van der Waals surface area contributed by atoms with Gasteiger partial charge in [0.05, 0.1) is 11.4 Å². The average Bonchev–Trinajstić information content (AvgIpc) is 3.26. The number of nitrogens with zero attached hydrogens (tertiary/aromatic N) is 4. The molecule has 0 aliphatic carbocycles. The second-order valence-electron chi connectivity index (χ2n) is 11.2. The highest BCUT2D eigenvalue weighted by Gasteiger charge is 2.32. The van der Waals surface area contributed by atoms with Gasteiger partial charge in [0.1, 0.15) is 5.82 Å². The van der Waals surface area contributed by atoms with Gasteiger partial charge in [-0.05, 0) is 83.9 Å². The fourth-order valence-electron chi connectivity index (χ4n) is 5.20. The van der Waals surface area contributed by atoms with Crippen LogP contribution in [0.2, 0.25) is 0 Å². The minimum Gasteiger partial charge on any atom is -0.368 e. The lowest BCUT2D eigenvalue weighted by Crippen LogP contribution is -2.51. The van der Waals surface area contributed by atoms with Crippen molar-refractivity contribution in [3.63, 3.8) is 0 Å². The lowest BCUT2D eigenvalue weighted by atomic mass is 10.0. The first-order chi connectivity index (χ1) is 19.1. The molecule has 2 N–H and O–H groups in total. The summed E-state index contributed by atoms with van der Waals surface area (Å²) >= 11 is 0. The van der Waals surface area contributed by atoms with Gasteiger partial charge in [0.15, 0.2) is 0 Å². The molecule has 0 radical (unpaired) electrons. The standard InChI is InChI=1S/C18H31N3O.C15H23N3/c1-8-11-18(22)21-17(10-3)20-16(7)15(6)19-14(5)12-13(4)9-2;1-3-4-14-11(2)16-8-7-15(14)18-9-12-5-6-13(10-18)17-12/h10,12-13H,8-9,11H2,1-7H3,(H,21,22);7-8,12-13,17H,3-6,9-10H2,1-2H3/b14-12-,17-10+,19-15-,20-16-;. The number of aliphatic imine (C=N–C) groups is 2. The molecule has 3 unspecified atom stereocenters. The van der Waals surface area contributed by atoms with Crippen LogP contribution in [0.25, 0.3) is 0 Å².